The summed E-state index contributed by atoms with van der Waals surface area (Å²) in [7, 11) is 0. The minimum atomic E-state index is -0.473. The molecule has 0 atom stereocenters. The molecule has 166 valence electrons. The number of fused-ring (bicyclic) bond motifs is 2. The lowest BCUT2D eigenvalue weighted by atomic mass is 9.86. The second-order valence-electron chi connectivity index (χ2n) is 10.1. The van der Waals surface area contributed by atoms with Crippen LogP contribution in [-0.4, -0.2) is 40.3 Å². The molecular weight excluding hydrogens is 400 g/mol. The molecule has 3 aromatic rings. The fourth-order valence-corrected chi connectivity index (χ4v) is 4.91. The second-order valence-corrected chi connectivity index (χ2v) is 10.1. The van der Waals surface area contributed by atoms with Gasteiger partial charge in [0.1, 0.15) is 17.0 Å². The number of nitrogens with zero attached hydrogens (tertiary/aromatic N) is 2. The molecule has 2 aromatic carbocycles. The van der Waals surface area contributed by atoms with E-state index in [1.807, 2.05) is 33.0 Å². The van der Waals surface area contributed by atoms with Crippen molar-refractivity contribution < 1.29 is 14.3 Å². The number of hydrogen-bond acceptors (Lipinski definition) is 4. The van der Waals surface area contributed by atoms with Crippen molar-refractivity contribution >= 4 is 17.0 Å². The fourth-order valence-electron chi connectivity index (χ4n) is 4.91. The number of likely N-dealkylation sites (tertiary alicyclic amines) is 1. The van der Waals surface area contributed by atoms with Crippen molar-refractivity contribution in [2.75, 3.05) is 13.1 Å². The fraction of sp³-hybridized carbons (Fsp3) is 0.407. The third-order valence-corrected chi connectivity index (χ3v) is 6.56. The molecule has 0 saturated carbocycles. The van der Waals surface area contributed by atoms with Crippen LogP contribution in [0.15, 0.2) is 48.7 Å². The molecule has 1 amide bonds. The molecule has 1 saturated heterocycles. The number of pyridine rings is 1. The maximum absolute atomic E-state index is 12.4. The van der Waals surface area contributed by atoms with Crippen LogP contribution in [0.25, 0.3) is 22.0 Å². The maximum Gasteiger partial charge on any atom is 0.410 e. The van der Waals surface area contributed by atoms with Crippen LogP contribution in [0.2, 0.25) is 0 Å². The van der Waals surface area contributed by atoms with E-state index >= 15 is 0 Å². The van der Waals surface area contributed by atoms with Gasteiger partial charge in [-0.3, -0.25) is 4.98 Å². The Labute approximate surface area is 189 Å². The Kier molecular flexibility index (Phi) is 4.88. The minimum Gasteiger partial charge on any atom is -0.487 e. The number of amides is 1. The number of ether oxygens (including phenoxy) is 2. The molecule has 2 aliphatic heterocycles. The summed E-state index contributed by atoms with van der Waals surface area (Å²) in [6.07, 6.45) is 4.13. The van der Waals surface area contributed by atoms with Gasteiger partial charge in [0, 0.05) is 43.9 Å². The smallest absolute Gasteiger partial charge is 0.410 e. The molecule has 3 heterocycles. The van der Waals surface area contributed by atoms with Crippen molar-refractivity contribution in [3.05, 3.63) is 59.8 Å². The van der Waals surface area contributed by atoms with E-state index in [9.17, 15) is 4.79 Å². The van der Waals surface area contributed by atoms with E-state index in [0.717, 1.165) is 35.9 Å². The normalized spacial score (nSPS) is 17.3. The number of carbonyl (C=O) groups excluding carboxylic acids is 1. The predicted molar refractivity (Wildman–Crippen MR) is 126 cm³/mol. The number of benzene rings is 2. The monoisotopic (exact) mass is 430 g/mol. The van der Waals surface area contributed by atoms with E-state index in [-0.39, 0.29) is 11.7 Å². The van der Waals surface area contributed by atoms with Crippen molar-refractivity contribution in [3.63, 3.8) is 0 Å². The predicted octanol–water partition coefficient (Wildman–Crippen LogP) is 5.91. The number of aryl methyl sites for hydroxylation is 1. The first kappa shape index (κ1) is 20.8. The number of piperidine rings is 1. The summed E-state index contributed by atoms with van der Waals surface area (Å²) in [5.41, 5.74) is 5.20. The maximum atomic E-state index is 12.4. The summed E-state index contributed by atoms with van der Waals surface area (Å²) in [5.74, 6) is 0.969. The highest BCUT2D eigenvalue weighted by atomic mass is 16.6. The zero-order valence-corrected chi connectivity index (χ0v) is 19.3. The first-order chi connectivity index (χ1) is 15.2. The molecule has 1 fully saturated rings. The Morgan fingerprint density at radius 1 is 1.12 bits per heavy atom. The largest absolute Gasteiger partial charge is 0.487 e. The van der Waals surface area contributed by atoms with Crippen molar-refractivity contribution in [2.45, 2.75) is 58.2 Å². The SMILES string of the molecule is Cc1c(-c2ccc3c(c2)CC2(CCN(C(=O)OC(C)(C)C)CC2)O3)ccc2cccnc12. The van der Waals surface area contributed by atoms with Gasteiger partial charge >= 0.3 is 6.09 Å². The van der Waals surface area contributed by atoms with Crippen LogP contribution in [-0.2, 0) is 11.2 Å². The Morgan fingerprint density at radius 2 is 1.91 bits per heavy atom. The van der Waals surface area contributed by atoms with Gasteiger partial charge in [0.2, 0.25) is 0 Å². The van der Waals surface area contributed by atoms with Crippen LogP contribution in [0.1, 0.15) is 44.7 Å². The molecule has 0 bridgehead atoms. The lowest BCUT2D eigenvalue weighted by Gasteiger charge is -2.39. The molecular formula is C27H30N2O3. The van der Waals surface area contributed by atoms with Gasteiger partial charge in [0.15, 0.2) is 0 Å². The Hall–Kier alpha value is -3.08. The van der Waals surface area contributed by atoms with Gasteiger partial charge < -0.3 is 14.4 Å². The van der Waals surface area contributed by atoms with Crippen LogP contribution >= 0.6 is 0 Å². The third kappa shape index (κ3) is 3.81. The molecule has 2 aliphatic rings. The van der Waals surface area contributed by atoms with Crippen molar-refractivity contribution in [1.29, 1.82) is 0 Å². The average Bonchev–Trinajstić information content (AvgIpc) is 3.10. The summed E-state index contributed by atoms with van der Waals surface area (Å²) in [5, 5.41) is 1.16. The summed E-state index contributed by atoms with van der Waals surface area (Å²) in [4.78, 5) is 18.8. The summed E-state index contributed by atoms with van der Waals surface area (Å²) < 4.78 is 12.0. The number of rotatable bonds is 1. The molecule has 1 spiro atoms. The van der Waals surface area contributed by atoms with Gasteiger partial charge in [-0.1, -0.05) is 24.3 Å². The molecule has 5 rings (SSSR count). The van der Waals surface area contributed by atoms with Crippen molar-refractivity contribution in [2.24, 2.45) is 0 Å². The highest BCUT2D eigenvalue weighted by Gasteiger charge is 2.43. The Balaban J connectivity index is 1.34. The summed E-state index contributed by atoms with van der Waals surface area (Å²) >= 11 is 0. The zero-order chi connectivity index (χ0) is 22.5. The lowest BCUT2D eigenvalue weighted by Crippen LogP contribution is -2.50. The van der Waals surface area contributed by atoms with Gasteiger partial charge in [-0.25, -0.2) is 4.79 Å². The molecule has 1 aromatic heterocycles. The van der Waals surface area contributed by atoms with Gasteiger partial charge in [-0.2, -0.15) is 0 Å². The highest BCUT2D eigenvalue weighted by molar-refractivity contribution is 5.88. The number of hydrogen-bond donors (Lipinski definition) is 0. The van der Waals surface area contributed by atoms with Crippen LogP contribution in [0.4, 0.5) is 4.79 Å². The average molecular weight is 431 g/mol. The van der Waals surface area contributed by atoms with E-state index in [0.29, 0.717) is 13.1 Å². The molecule has 5 heteroatoms. The first-order valence-electron chi connectivity index (χ1n) is 11.4. The molecule has 0 unspecified atom stereocenters. The van der Waals surface area contributed by atoms with E-state index in [1.54, 1.807) is 4.90 Å². The highest BCUT2D eigenvalue weighted by Crippen LogP contribution is 2.43. The minimum absolute atomic E-state index is 0.223. The Bertz CT molecular complexity index is 1190. The van der Waals surface area contributed by atoms with E-state index in [1.165, 1.54) is 22.3 Å². The molecule has 0 N–H and O–H groups in total. The third-order valence-electron chi connectivity index (χ3n) is 6.56. The van der Waals surface area contributed by atoms with E-state index < -0.39 is 5.60 Å². The van der Waals surface area contributed by atoms with Gasteiger partial charge in [-0.15, -0.1) is 0 Å². The topological polar surface area (TPSA) is 51.7 Å². The van der Waals surface area contributed by atoms with Crippen LogP contribution in [0, 0.1) is 6.92 Å². The van der Waals surface area contributed by atoms with Crippen molar-refractivity contribution in [1.82, 2.24) is 9.88 Å². The number of carbonyl (C=O) groups is 1. The Morgan fingerprint density at radius 3 is 2.66 bits per heavy atom. The zero-order valence-electron chi connectivity index (χ0n) is 19.3. The van der Waals surface area contributed by atoms with Crippen LogP contribution in [0.5, 0.6) is 5.75 Å². The molecule has 0 radical (unpaired) electrons. The van der Waals surface area contributed by atoms with Crippen molar-refractivity contribution in [3.8, 4) is 16.9 Å². The van der Waals surface area contributed by atoms with Crippen LogP contribution < -0.4 is 4.74 Å². The van der Waals surface area contributed by atoms with Gasteiger partial charge in [0.25, 0.3) is 0 Å². The van der Waals surface area contributed by atoms with Crippen LogP contribution in [0.3, 0.4) is 0 Å². The molecule has 5 nitrogen and oxygen atoms in total. The number of aromatic nitrogens is 1. The lowest BCUT2D eigenvalue weighted by molar-refractivity contribution is -0.00887. The summed E-state index contributed by atoms with van der Waals surface area (Å²) in [6.45, 7) is 9.16. The molecule has 0 aliphatic carbocycles. The first-order valence-corrected chi connectivity index (χ1v) is 11.4. The van der Waals surface area contributed by atoms with Gasteiger partial charge in [-0.05, 0) is 68.1 Å². The molecule has 32 heavy (non-hydrogen) atoms. The van der Waals surface area contributed by atoms with E-state index in [4.69, 9.17) is 9.47 Å². The van der Waals surface area contributed by atoms with E-state index in [2.05, 4.69) is 48.3 Å². The quantitative estimate of drug-likeness (QED) is 0.481. The summed E-state index contributed by atoms with van der Waals surface area (Å²) in [6, 6.07) is 14.9. The van der Waals surface area contributed by atoms with Gasteiger partial charge in [0.05, 0.1) is 5.52 Å². The standard InChI is InChI=1S/C27H30N2O3/c1-18-22(9-7-19-6-5-13-28-24(18)19)20-8-10-23-21(16-20)17-27(31-23)11-14-29(15-12-27)25(30)32-26(2,3)4/h5-10,13,16H,11-12,14-15,17H2,1-4H3. The second kappa shape index (κ2) is 7.51.